The Hall–Kier alpha value is -0.877. The normalized spacial score (nSPS) is 11.4. The van der Waals surface area contributed by atoms with Gasteiger partial charge in [0, 0.05) is 0 Å². The van der Waals surface area contributed by atoms with Crippen LogP contribution in [-0.4, -0.2) is 3.71 Å². The molecule has 33 heavy (non-hydrogen) atoms. The van der Waals surface area contributed by atoms with Crippen molar-refractivity contribution in [1.82, 2.24) is 0 Å². The van der Waals surface area contributed by atoms with E-state index < -0.39 is 0 Å². The van der Waals surface area contributed by atoms with E-state index in [0.29, 0.717) is 0 Å². The Morgan fingerprint density at radius 1 is 0.848 bits per heavy atom. The summed E-state index contributed by atoms with van der Waals surface area (Å²) >= 11 is 1.51. The van der Waals surface area contributed by atoms with E-state index in [-0.39, 0.29) is 35.6 Å². The maximum absolute atomic E-state index is 3.69. The summed E-state index contributed by atoms with van der Waals surface area (Å²) in [5.41, 5.74) is 11.6. The van der Waals surface area contributed by atoms with Crippen LogP contribution >= 0.6 is 0 Å². The van der Waals surface area contributed by atoms with Crippen molar-refractivity contribution < 1.29 is 49.0 Å². The van der Waals surface area contributed by atoms with Crippen LogP contribution in [0.4, 0.5) is 0 Å². The predicted molar refractivity (Wildman–Crippen MR) is 134 cm³/mol. The average molecular weight is 561 g/mol. The van der Waals surface area contributed by atoms with E-state index in [1.54, 1.807) is 0 Å². The summed E-state index contributed by atoms with van der Waals surface area (Å²) in [6.07, 6.45) is 1.03. The smallest absolute Gasteiger partial charge is 0.0129 e. The molecule has 0 atom stereocenters. The van der Waals surface area contributed by atoms with E-state index in [4.69, 9.17) is 0 Å². The van der Waals surface area contributed by atoms with E-state index in [1.807, 2.05) is 37.3 Å². The van der Waals surface area contributed by atoms with Crippen LogP contribution in [-0.2, 0) is 41.5 Å². The zero-order valence-electron chi connectivity index (χ0n) is 21.7. The van der Waals surface area contributed by atoms with Gasteiger partial charge in [-0.2, -0.15) is 35.9 Å². The maximum Gasteiger partial charge on any atom is -0.0129 e. The molecule has 0 amide bonds. The number of halogens is 2. The molecule has 3 aromatic rings. The van der Waals surface area contributed by atoms with Gasteiger partial charge in [0.05, 0.1) is 0 Å². The number of fused-ring (bicyclic) bond motifs is 3. The predicted octanol–water partition coefficient (Wildman–Crippen LogP) is 2.04. The monoisotopic (exact) mass is 558 g/mol. The van der Waals surface area contributed by atoms with Gasteiger partial charge in [0.15, 0.2) is 0 Å². The molecule has 0 spiro atoms. The summed E-state index contributed by atoms with van der Waals surface area (Å²) in [6, 6.07) is 20.9. The molecule has 178 valence electrons. The second-order valence-electron chi connectivity index (χ2n) is 10.5. The molecule has 0 bridgehead atoms. The summed E-state index contributed by atoms with van der Waals surface area (Å²) in [5.74, 6) is 0. The van der Waals surface area contributed by atoms with Crippen LogP contribution in [0.25, 0.3) is 11.1 Å². The van der Waals surface area contributed by atoms with Gasteiger partial charge in [0.1, 0.15) is 0 Å². The van der Waals surface area contributed by atoms with Crippen molar-refractivity contribution in [3.8, 4) is 11.1 Å². The molecule has 0 aromatic heterocycles. The Morgan fingerprint density at radius 3 is 1.76 bits per heavy atom. The molecular formula is C30H38Cl2Zr-2. The van der Waals surface area contributed by atoms with Crippen LogP contribution in [0.1, 0.15) is 81.8 Å². The third kappa shape index (κ3) is 8.38. The quantitative estimate of drug-likeness (QED) is 0.289. The molecule has 0 saturated carbocycles. The van der Waals surface area contributed by atoms with E-state index in [1.165, 1.54) is 68.7 Å². The zero-order chi connectivity index (χ0) is 23.4. The summed E-state index contributed by atoms with van der Waals surface area (Å²) in [7, 11) is 0. The van der Waals surface area contributed by atoms with Crippen molar-refractivity contribution in [1.29, 1.82) is 0 Å². The number of hydrogen-bond acceptors (Lipinski definition) is 0. The molecule has 0 saturated heterocycles. The van der Waals surface area contributed by atoms with Crippen LogP contribution < -0.4 is 24.8 Å². The SMILES string of the molecule is C[CH]=[Zr+2].Cc1[c-]c2c(cc1C(C)(C)C)-c1cc(C(C)(C)C)c(C)cc1C2.[Cl-].[Cl-].c1cc[cH-]c1. The fourth-order valence-electron chi connectivity index (χ4n) is 4.34. The van der Waals surface area contributed by atoms with Gasteiger partial charge in [-0.15, -0.1) is 16.7 Å². The van der Waals surface area contributed by atoms with E-state index in [9.17, 15) is 0 Å². The van der Waals surface area contributed by atoms with Gasteiger partial charge in [-0.3, -0.25) is 0 Å². The molecule has 0 N–H and O–H groups in total. The average Bonchev–Trinajstić information content (AvgIpc) is 3.30. The van der Waals surface area contributed by atoms with Crippen molar-refractivity contribution in [2.24, 2.45) is 0 Å². The van der Waals surface area contributed by atoms with E-state index >= 15 is 0 Å². The maximum atomic E-state index is 3.69. The molecule has 0 fully saturated rings. The fraction of sp³-hybridized carbons (Fsp3) is 0.400. The minimum Gasteiger partial charge on any atom is -1.00 e. The number of rotatable bonds is 0. The molecule has 0 nitrogen and oxygen atoms in total. The summed E-state index contributed by atoms with van der Waals surface area (Å²) in [4.78, 5) is 0. The minimum absolute atomic E-state index is 0. The second-order valence-corrected chi connectivity index (χ2v) is 11.9. The van der Waals surface area contributed by atoms with Gasteiger partial charge in [-0.05, 0) is 35.4 Å². The first-order chi connectivity index (χ1) is 14.4. The molecule has 0 heterocycles. The van der Waals surface area contributed by atoms with Crippen LogP contribution in [0, 0.1) is 19.9 Å². The standard InChI is InChI=1S/C23H29.C5H5.C2H4.2ClH.Zr/c1-14-9-16-11-17-10-15(2)21(23(6,7)8)13-19(17)18(16)12-20(14)22(3,4)5;1-2-4-5-3-1;1-2;;;/h9,12-13H,11H2,1-8H3;1-5H;1H,2H3;2*1H;/q2*-1;;;;+2/p-2. The van der Waals surface area contributed by atoms with Crippen LogP contribution in [0.3, 0.4) is 0 Å². The number of benzene rings is 2. The van der Waals surface area contributed by atoms with Gasteiger partial charge in [-0.1, -0.05) is 71.6 Å². The molecule has 0 radical (unpaired) electrons. The van der Waals surface area contributed by atoms with Crippen LogP contribution in [0.15, 0.2) is 48.5 Å². The Balaban J connectivity index is 0.000000878. The third-order valence-corrected chi connectivity index (χ3v) is 5.64. The number of aryl methyl sites for hydroxylation is 2. The minimum atomic E-state index is 0. The van der Waals surface area contributed by atoms with Crippen molar-refractivity contribution in [3.63, 3.8) is 0 Å². The molecule has 1 aliphatic rings. The Labute approximate surface area is 230 Å². The molecule has 3 aromatic carbocycles. The fourth-order valence-corrected chi connectivity index (χ4v) is 4.34. The number of hydrogen-bond donors (Lipinski definition) is 0. The van der Waals surface area contributed by atoms with Gasteiger partial charge >= 0.3 is 34.9 Å². The van der Waals surface area contributed by atoms with Crippen molar-refractivity contribution in [2.45, 2.75) is 79.6 Å². The first-order valence-corrected chi connectivity index (χ1v) is 12.6. The van der Waals surface area contributed by atoms with Crippen LogP contribution in [0.5, 0.6) is 0 Å². The zero-order valence-corrected chi connectivity index (χ0v) is 25.6. The van der Waals surface area contributed by atoms with E-state index in [0.717, 1.165) is 6.42 Å². The van der Waals surface area contributed by atoms with Crippen molar-refractivity contribution in [2.75, 3.05) is 0 Å². The van der Waals surface area contributed by atoms with Gasteiger partial charge < -0.3 is 24.8 Å². The van der Waals surface area contributed by atoms with Gasteiger partial charge in [0.2, 0.25) is 0 Å². The largest absolute Gasteiger partial charge is 1.00 e. The first kappa shape index (κ1) is 32.1. The first-order valence-electron chi connectivity index (χ1n) is 11.2. The van der Waals surface area contributed by atoms with Crippen molar-refractivity contribution >= 4 is 3.71 Å². The third-order valence-electron chi connectivity index (χ3n) is 5.64. The Morgan fingerprint density at radius 2 is 1.33 bits per heavy atom. The van der Waals surface area contributed by atoms with Gasteiger partial charge in [0.25, 0.3) is 0 Å². The van der Waals surface area contributed by atoms with Gasteiger partial charge in [-0.25, -0.2) is 12.1 Å². The Kier molecular flexibility index (Phi) is 12.9. The molecule has 3 heteroatoms. The molecular weight excluding hydrogens is 522 g/mol. The molecule has 4 rings (SSSR count). The molecule has 1 aliphatic carbocycles. The second kappa shape index (κ2) is 13.3. The summed E-state index contributed by atoms with van der Waals surface area (Å²) in [6.45, 7) is 20.3. The van der Waals surface area contributed by atoms with Crippen molar-refractivity contribution in [3.05, 3.63) is 88.0 Å². The molecule has 0 aliphatic heterocycles. The topological polar surface area (TPSA) is 0 Å². The molecule has 0 unspecified atom stereocenters. The summed E-state index contributed by atoms with van der Waals surface area (Å²) < 4.78 is 2.09. The van der Waals surface area contributed by atoms with Crippen LogP contribution in [0.2, 0.25) is 0 Å². The van der Waals surface area contributed by atoms with E-state index in [2.05, 4.69) is 83.4 Å². The summed E-state index contributed by atoms with van der Waals surface area (Å²) in [5, 5.41) is 0. The Bertz CT molecular complexity index is 932.